The molecule has 0 radical (unpaired) electrons. The molecular formula is C42H37BO2. The van der Waals surface area contributed by atoms with Gasteiger partial charge in [0, 0.05) is 0 Å². The Morgan fingerprint density at radius 1 is 0.333 bits per heavy atom. The van der Waals surface area contributed by atoms with E-state index in [2.05, 4.69) is 179 Å². The second kappa shape index (κ2) is 11.7. The van der Waals surface area contributed by atoms with E-state index in [-0.39, 0.29) is 11.2 Å². The normalized spacial score (nSPS) is 15.2. The lowest BCUT2D eigenvalue weighted by Gasteiger charge is -2.32. The van der Waals surface area contributed by atoms with Gasteiger partial charge in [0.15, 0.2) is 0 Å². The van der Waals surface area contributed by atoms with Gasteiger partial charge >= 0.3 is 7.12 Å². The first-order chi connectivity index (χ1) is 21.8. The van der Waals surface area contributed by atoms with Crippen LogP contribution in [0.15, 0.2) is 152 Å². The van der Waals surface area contributed by atoms with E-state index in [0.29, 0.717) is 0 Å². The van der Waals surface area contributed by atoms with Crippen LogP contribution in [0.25, 0.3) is 55.6 Å². The van der Waals surface area contributed by atoms with Crippen LogP contribution in [0.5, 0.6) is 0 Å². The molecule has 1 aliphatic heterocycles. The summed E-state index contributed by atoms with van der Waals surface area (Å²) in [6.07, 6.45) is 0. The summed E-state index contributed by atoms with van der Waals surface area (Å²) < 4.78 is 12.8. The molecule has 1 heterocycles. The molecule has 3 heteroatoms. The van der Waals surface area contributed by atoms with Gasteiger partial charge in [0.1, 0.15) is 0 Å². The van der Waals surface area contributed by atoms with Crippen molar-refractivity contribution in [2.24, 2.45) is 0 Å². The van der Waals surface area contributed by atoms with Gasteiger partial charge in [-0.1, -0.05) is 127 Å². The third-order valence-corrected chi connectivity index (χ3v) is 9.31. The topological polar surface area (TPSA) is 18.5 Å². The maximum Gasteiger partial charge on any atom is 0.494 e. The Hall–Kier alpha value is -4.70. The molecule has 1 saturated heterocycles. The smallest absolute Gasteiger partial charge is 0.399 e. The van der Waals surface area contributed by atoms with E-state index < -0.39 is 7.12 Å². The van der Waals surface area contributed by atoms with Crippen LogP contribution >= 0.6 is 0 Å². The highest BCUT2D eigenvalue weighted by atomic mass is 16.7. The molecule has 7 rings (SSSR count). The van der Waals surface area contributed by atoms with Gasteiger partial charge in [-0.15, -0.1) is 0 Å². The Morgan fingerprint density at radius 2 is 0.667 bits per heavy atom. The van der Waals surface area contributed by atoms with E-state index in [1.807, 2.05) is 0 Å². The zero-order chi connectivity index (χ0) is 31.0. The maximum absolute atomic E-state index is 6.39. The van der Waals surface area contributed by atoms with Crippen LogP contribution in [-0.4, -0.2) is 18.3 Å². The lowest BCUT2D eigenvalue weighted by Crippen LogP contribution is -2.41. The van der Waals surface area contributed by atoms with Gasteiger partial charge in [0.2, 0.25) is 0 Å². The van der Waals surface area contributed by atoms with E-state index in [0.717, 1.165) is 16.6 Å². The van der Waals surface area contributed by atoms with Crippen LogP contribution in [0.2, 0.25) is 0 Å². The van der Waals surface area contributed by atoms with Gasteiger partial charge in [0.25, 0.3) is 0 Å². The fraction of sp³-hybridized carbons (Fsp3) is 0.143. The molecule has 0 aliphatic carbocycles. The quantitative estimate of drug-likeness (QED) is 0.181. The van der Waals surface area contributed by atoms with Gasteiger partial charge in [-0.25, -0.2) is 0 Å². The van der Waals surface area contributed by atoms with Crippen molar-refractivity contribution in [3.63, 3.8) is 0 Å². The van der Waals surface area contributed by atoms with Crippen molar-refractivity contribution in [1.82, 2.24) is 0 Å². The molecule has 0 bridgehead atoms. The Morgan fingerprint density at radius 3 is 1.20 bits per heavy atom. The standard InChI is InChI=1S/C42H37BO2/c1-41(2)42(3,4)45-43(44-41)40-20-12-19-36(29-40)39-27-37(31-15-9-6-10-16-31)26-38(28-39)35-18-11-17-34(25-35)33-23-21-32(22-24-33)30-13-7-5-8-14-30/h5-29H,1-4H3. The molecule has 220 valence electrons. The molecule has 0 saturated carbocycles. The number of rotatable bonds is 6. The second-order valence-electron chi connectivity index (χ2n) is 12.9. The molecule has 0 aromatic heterocycles. The van der Waals surface area contributed by atoms with Gasteiger partial charge in [-0.3, -0.25) is 0 Å². The molecule has 45 heavy (non-hydrogen) atoms. The number of hydrogen-bond donors (Lipinski definition) is 0. The summed E-state index contributed by atoms with van der Waals surface area (Å²) in [7, 11) is -0.406. The highest BCUT2D eigenvalue weighted by Gasteiger charge is 2.51. The van der Waals surface area contributed by atoms with Crippen molar-refractivity contribution in [1.29, 1.82) is 0 Å². The Balaban J connectivity index is 1.27. The summed E-state index contributed by atoms with van der Waals surface area (Å²) in [6.45, 7) is 8.38. The third kappa shape index (κ3) is 5.90. The zero-order valence-electron chi connectivity index (χ0n) is 26.3. The molecule has 0 atom stereocenters. The van der Waals surface area contributed by atoms with E-state index in [9.17, 15) is 0 Å². The van der Waals surface area contributed by atoms with Crippen LogP contribution < -0.4 is 5.46 Å². The molecule has 0 amide bonds. The minimum absolute atomic E-state index is 0.388. The molecule has 0 spiro atoms. The van der Waals surface area contributed by atoms with Crippen LogP contribution in [0.4, 0.5) is 0 Å². The van der Waals surface area contributed by atoms with Crippen LogP contribution in [0, 0.1) is 0 Å². The molecule has 0 unspecified atom stereocenters. The van der Waals surface area contributed by atoms with Gasteiger partial charge in [-0.2, -0.15) is 0 Å². The predicted octanol–water partition coefficient (Wildman–Crippen LogP) is 10.3. The number of benzene rings is 6. The SMILES string of the molecule is CC1(C)OB(c2cccc(-c3cc(-c4ccccc4)cc(-c4cccc(-c5ccc(-c6ccccc6)cc5)c4)c3)c2)OC1(C)C. The summed E-state index contributed by atoms with van der Waals surface area (Å²) in [5, 5.41) is 0. The van der Waals surface area contributed by atoms with Crippen molar-refractivity contribution >= 4 is 12.6 Å². The molecule has 6 aromatic carbocycles. The van der Waals surface area contributed by atoms with Gasteiger partial charge in [-0.05, 0) is 113 Å². The van der Waals surface area contributed by atoms with Gasteiger partial charge < -0.3 is 9.31 Å². The molecule has 1 aliphatic rings. The highest BCUT2D eigenvalue weighted by Crippen LogP contribution is 2.38. The monoisotopic (exact) mass is 584 g/mol. The fourth-order valence-electron chi connectivity index (χ4n) is 5.97. The zero-order valence-corrected chi connectivity index (χ0v) is 26.3. The second-order valence-corrected chi connectivity index (χ2v) is 12.9. The summed E-state index contributed by atoms with van der Waals surface area (Å²) in [6, 6.07) is 54.3. The Labute approximate surface area is 267 Å². The van der Waals surface area contributed by atoms with Crippen LogP contribution in [-0.2, 0) is 9.31 Å². The van der Waals surface area contributed by atoms with Crippen molar-refractivity contribution in [3.8, 4) is 55.6 Å². The summed E-state index contributed by atoms with van der Waals surface area (Å²) >= 11 is 0. The summed E-state index contributed by atoms with van der Waals surface area (Å²) in [5.74, 6) is 0. The maximum atomic E-state index is 6.39. The summed E-state index contributed by atoms with van der Waals surface area (Å²) in [5.41, 5.74) is 12.1. The lowest BCUT2D eigenvalue weighted by molar-refractivity contribution is 0.00578. The van der Waals surface area contributed by atoms with E-state index in [1.54, 1.807) is 0 Å². The average Bonchev–Trinajstić information content (AvgIpc) is 3.31. The Kier molecular flexibility index (Phi) is 7.53. The number of hydrogen-bond acceptors (Lipinski definition) is 2. The van der Waals surface area contributed by atoms with Crippen LogP contribution in [0.1, 0.15) is 27.7 Å². The molecule has 6 aromatic rings. The van der Waals surface area contributed by atoms with Crippen molar-refractivity contribution < 1.29 is 9.31 Å². The highest BCUT2D eigenvalue weighted by molar-refractivity contribution is 6.62. The summed E-state index contributed by atoms with van der Waals surface area (Å²) in [4.78, 5) is 0. The minimum atomic E-state index is -0.406. The van der Waals surface area contributed by atoms with E-state index in [4.69, 9.17) is 9.31 Å². The fourth-order valence-corrected chi connectivity index (χ4v) is 5.97. The average molecular weight is 585 g/mol. The molecule has 0 N–H and O–H groups in total. The predicted molar refractivity (Wildman–Crippen MR) is 189 cm³/mol. The molecular weight excluding hydrogens is 547 g/mol. The Bertz CT molecular complexity index is 1930. The van der Waals surface area contributed by atoms with E-state index in [1.165, 1.54) is 44.5 Å². The van der Waals surface area contributed by atoms with Crippen molar-refractivity contribution in [3.05, 3.63) is 152 Å². The largest absolute Gasteiger partial charge is 0.494 e. The molecule has 1 fully saturated rings. The first kappa shape index (κ1) is 29.0. The first-order valence-corrected chi connectivity index (χ1v) is 15.7. The first-order valence-electron chi connectivity index (χ1n) is 15.7. The molecule has 2 nitrogen and oxygen atoms in total. The van der Waals surface area contributed by atoms with Gasteiger partial charge in [0.05, 0.1) is 11.2 Å². The van der Waals surface area contributed by atoms with Crippen molar-refractivity contribution in [2.45, 2.75) is 38.9 Å². The minimum Gasteiger partial charge on any atom is -0.399 e. The van der Waals surface area contributed by atoms with E-state index >= 15 is 0 Å². The van der Waals surface area contributed by atoms with Crippen molar-refractivity contribution in [2.75, 3.05) is 0 Å². The van der Waals surface area contributed by atoms with Crippen LogP contribution in [0.3, 0.4) is 0 Å². The third-order valence-electron chi connectivity index (χ3n) is 9.31. The lowest BCUT2D eigenvalue weighted by atomic mass is 9.77.